The van der Waals surface area contributed by atoms with E-state index in [0.29, 0.717) is 0 Å². The molecule has 17 heavy (non-hydrogen) atoms. The second-order valence-electron chi connectivity index (χ2n) is 3.79. The number of hydrogen-bond acceptors (Lipinski definition) is 5. The summed E-state index contributed by atoms with van der Waals surface area (Å²) in [5.74, 6) is -2.48. The number of carbonyl (C=O) groups is 3. The van der Waals surface area contributed by atoms with E-state index in [0.717, 1.165) is 0 Å². The smallest absolute Gasteiger partial charge is 0.310 e. The molecular weight excluding hydrogens is 224 g/mol. The van der Waals surface area contributed by atoms with Crippen LogP contribution in [0.3, 0.4) is 0 Å². The van der Waals surface area contributed by atoms with Crippen LogP contribution in [0.15, 0.2) is 0 Å². The Morgan fingerprint density at radius 1 is 1.47 bits per heavy atom. The fourth-order valence-electron chi connectivity index (χ4n) is 1.89. The number of nitriles is 1. The molecule has 0 heterocycles. The van der Waals surface area contributed by atoms with E-state index < -0.39 is 23.7 Å². The van der Waals surface area contributed by atoms with Gasteiger partial charge in [-0.2, -0.15) is 5.26 Å². The number of ketones is 1. The summed E-state index contributed by atoms with van der Waals surface area (Å²) >= 11 is 0. The molecule has 0 spiro atoms. The molecule has 1 N–H and O–H groups in total. The van der Waals surface area contributed by atoms with Crippen LogP contribution in [0.4, 0.5) is 0 Å². The van der Waals surface area contributed by atoms with Crippen molar-refractivity contribution in [3.63, 3.8) is 0 Å². The topological polar surface area (TPSA) is 96.3 Å². The molecule has 0 aromatic rings. The molecule has 2 atom stereocenters. The second-order valence-corrected chi connectivity index (χ2v) is 3.79. The molecular formula is C11H14N2O4. The molecule has 92 valence electrons. The number of nitrogens with zero attached hydrogens (tertiary/aromatic N) is 1. The van der Waals surface area contributed by atoms with E-state index in [4.69, 9.17) is 10.00 Å². The Kier molecular flexibility index (Phi) is 4.64. The molecule has 0 bridgehead atoms. The first kappa shape index (κ1) is 13.2. The van der Waals surface area contributed by atoms with E-state index in [1.165, 1.54) is 0 Å². The zero-order valence-corrected chi connectivity index (χ0v) is 9.56. The number of rotatable bonds is 4. The van der Waals surface area contributed by atoms with Crippen LogP contribution in [0.5, 0.6) is 0 Å². The number of nitrogens with one attached hydrogen (secondary N) is 1. The molecule has 0 aromatic heterocycles. The molecule has 6 heteroatoms. The number of ether oxygens (including phenoxy) is 1. The van der Waals surface area contributed by atoms with Gasteiger partial charge >= 0.3 is 5.97 Å². The molecule has 0 aromatic carbocycles. The molecule has 1 amide bonds. The summed E-state index contributed by atoms with van der Waals surface area (Å²) < 4.78 is 4.82. The summed E-state index contributed by atoms with van der Waals surface area (Å²) in [6, 6.07) is 1.77. The lowest BCUT2D eigenvalue weighted by molar-refractivity contribution is -0.151. The first-order valence-corrected chi connectivity index (χ1v) is 5.43. The van der Waals surface area contributed by atoms with Gasteiger partial charge in [0.05, 0.1) is 24.5 Å². The molecule has 0 radical (unpaired) electrons. The van der Waals surface area contributed by atoms with Gasteiger partial charge in [0.2, 0.25) is 5.91 Å². The quantitative estimate of drug-likeness (QED) is 0.539. The number of carbonyl (C=O) groups excluding carboxylic acids is 3. The third-order valence-corrected chi connectivity index (χ3v) is 2.65. The van der Waals surface area contributed by atoms with Gasteiger partial charge in [-0.05, 0) is 6.92 Å². The highest BCUT2D eigenvalue weighted by atomic mass is 16.5. The Morgan fingerprint density at radius 3 is 2.71 bits per heavy atom. The average Bonchev–Trinajstić information content (AvgIpc) is 2.68. The molecule has 0 saturated heterocycles. The van der Waals surface area contributed by atoms with Crippen molar-refractivity contribution in [2.24, 2.45) is 11.8 Å². The van der Waals surface area contributed by atoms with E-state index in [-0.39, 0.29) is 31.8 Å². The van der Waals surface area contributed by atoms with Crippen molar-refractivity contribution >= 4 is 17.7 Å². The number of hydrogen-bond donors (Lipinski definition) is 1. The standard InChI is InChI=1S/C11H14N2O4/c1-2-17-11(16)9-6-7(14)5-8(9)10(15)13-4-3-12/h8-9H,2,4-6H2,1H3,(H,13,15). The highest BCUT2D eigenvalue weighted by molar-refractivity contribution is 5.96. The Bertz CT molecular complexity index is 372. The zero-order valence-electron chi connectivity index (χ0n) is 9.56. The predicted molar refractivity (Wildman–Crippen MR) is 56.5 cm³/mol. The summed E-state index contributed by atoms with van der Waals surface area (Å²) in [7, 11) is 0. The predicted octanol–water partition coefficient (Wildman–Crippen LogP) is -0.215. The van der Waals surface area contributed by atoms with Crippen molar-refractivity contribution in [2.75, 3.05) is 13.2 Å². The van der Waals surface area contributed by atoms with E-state index in [2.05, 4.69) is 5.32 Å². The Labute approximate surface area is 98.9 Å². The van der Waals surface area contributed by atoms with Crippen LogP contribution in [0.25, 0.3) is 0 Å². The van der Waals surface area contributed by atoms with Crippen LogP contribution < -0.4 is 5.32 Å². The van der Waals surface area contributed by atoms with Gasteiger partial charge < -0.3 is 10.1 Å². The van der Waals surface area contributed by atoms with Crippen LogP contribution >= 0.6 is 0 Å². The van der Waals surface area contributed by atoms with Gasteiger partial charge in [-0.25, -0.2) is 0 Å². The summed E-state index contributed by atoms with van der Waals surface area (Å²) in [6.45, 7) is 1.76. The fourth-order valence-corrected chi connectivity index (χ4v) is 1.89. The summed E-state index contributed by atoms with van der Waals surface area (Å²) in [5, 5.41) is 10.7. The van der Waals surface area contributed by atoms with Crippen LogP contribution in [0.1, 0.15) is 19.8 Å². The lowest BCUT2D eigenvalue weighted by Gasteiger charge is -2.15. The molecule has 1 aliphatic rings. The Balaban J connectivity index is 2.68. The van der Waals surface area contributed by atoms with Gasteiger partial charge in [0, 0.05) is 12.8 Å². The molecule has 1 fully saturated rings. The minimum absolute atomic E-state index is 0.0424. The van der Waals surface area contributed by atoms with E-state index >= 15 is 0 Å². The van der Waals surface area contributed by atoms with Crippen molar-refractivity contribution < 1.29 is 19.1 Å². The van der Waals surface area contributed by atoms with E-state index in [1.807, 2.05) is 0 Å². The summed E-state index contributed by atoms with van der Waals surface area (Å²) in [6.07, 6.45) is 0.0875. The first-order chi connectivity index (χ1) is 8.10. The van der Waals surface area contributed by atoms with Gasteiger partial charge in [-0.15, -0.1) is 0 Å². The first-order valence-electron chi connectivity index (χ1n) is 5.43. The Hall–Kier alpha value is -1.90. The molecule has 2 unspecified atom stereocenters. The zero-order chi connectivity index (χ0) is 12.8. The summed E-state index contributed by atoms with van der Waals surface area (Å²) in [5.41, 5.74) is 0. The third kappa shape index (κ3) is 3.28. The van der Waals surface area contributed by atoms with Crippen LogP contribution in [0.2, 0.25) is 0 Å². The maximum Gasteiger partial charge on any atom is 0.310 e. The van der Waals surface area contributed by atoms with Crippen molar-refractivity contribution in [1.29, 1.82) is 5.26 Å². The fraction of sp³-hybridized carbons (Fsp3) is 0.636. The minimum Gasteiger partial charge on any atom is -0.466 e. The van der Waals surface area contributed by atoms with Crippen LogP contribution in [0, 0.1) is 23.2 Å². The largest absolute Gasteiger partial charge is 0.466 e. The van der Waals surface area contributed by atoms with Gasteiger partial charge in [0.1, 0.15) is 12.3 Å². The highest BCUT2D eigenvalue weighted by Gasteiger charge is 2.42. The van der Waals surface area contributed by atoms with Crippen molar-refractivity contribution in [3.05, 3.63) is 0 Å². The summed E-state index contributed by atoms with van der Waals surface area (Å²) in [4.78, 5) is 34.5. The molecule has 1 rings (SSSR count). The average molecular weight is 238 g/mol. The van der Waals surface area contributed by atoms with Gasteiger partial charge in [-0.1, -0.05) is 0 Å². The van der Waals surface area contributed by atoms with Crippen molar-refractivity contribution in [3.8, 4) is 6.07 Å². The van der Waals surface area contributed by atoms with Crippen LogP contribution in [-0.2, 0) is 19.1 Å². The number of Topliss-reactive ketones (excluding diaryl/α,β-unsaturated/α-hetero) is 1. The van der Waals surface area contributed by atoms with E-state index in [9.17, 15) is 14.4 Å². The van der Waals surface area contributed by atoms with Crippen molar-refractivity contribution in [1.82, 2.24) is 5.32 Å². The maximum atomic E-state index is 11.6. The second kappa shape index (κ2) is 5.99. The maximum absolute atomic E-state index is 11.6. The van der Waals surface area contributed by atoms with Gasteiger partial charge in [-0.3, -0.25) is 14.4 Å². The highest BCUT2D eigenvalue weighted by Crippen LogP contribution is 2.30. The van der Waals surface area contributed by atoms with Crippen molar-refractivity contribution in [2.45, 2.75) is 19.8 Å². The molecule has 6 nitrogen and oxygen atoms in total. The minimum atomic E-state index is -0.707. The molecule has 1 aliphatic carbocycles. The lowest BCUT2D eigenvalue weighted by atomic mass is 9.95. The SMILES string of the molecule is CCOC(=O)C1CC(=O)CC1C(=O)NCC#N. The van der Waals surface area contributed by atoms with Crippen LogP contribution in [-0.4, -0.2) is 30.8 Å². The molecule has 0 aliphatic heterocycles. The number of esters is 1. The van der Waals surface area contributed by atoms with Gasteiger partial charge in [0.25, 0.3) is 0 Å². The normalized spacial score (nSPS) is 22.9. The third-order valence-electron chi connectivity index (χ3n) is 2.65. The van der Waals surface area contributed by atoms with Gasteiger partial charge in [0.15, 0.2) is 0 Å². The Morgan fingerprint density at radius 2 is 2.12 bits per heavy atom. The lowest BCUT2D eigenvalue weighted by Crippen LogP contribution is -2.36. The number of amides is 1. The van der Waals surface area contributed by atoms with E-state index in [1.54, 1.807) is 13.0 Å². The monoisotopic (exact) mass is 238 g/mol. The molecule has 1 saturated carbocycles.